The highest BCUT2D eigenvalue weighted by atomic mass is 16.2. The van der Waals surface area contributed by atoms with E-state index in [1.807, 2.05) is 37.2 Å². The van der Waals surface area contributed by atoms with Crippen molar-refractivity contribution in [2.24, 2.45) is 0 Å². The Bertz CT molecular complexity index is 1400. The van der Waals surface area contributed by atoms with Crippen LogP contribution in [0.2, 0.25) is 0 Å². The number of aromatic nitrogens is 2. The second kappa shape index (κ2) is 13.3. The van der Waals surface area contributed by atoms with Gasteiger partial charge in [0.1, 0.15) is 0 Å². The van der Waals surface area contributed by atoms with Crippen LogP contribution >= 0.6 is 0 Å². The minimum atomic E-state index is -0.596. The molecule has 2 N–H and O–H groups in total. The van der Waals surface area contributed by atoms with Crippen molar-refractivity contribution in [3.63, 3.8) is 0 Å². The molecule has 0 bridgehead atoms. The van der Waals surface area contributed by atoms with Crippen LogP contribution in [0, 0.1) is 13.8 Å². The van der Waals surface area contributed by atoms with E-state index in [4.69, 9.17) is 0 Å². The molecule has 5 nitrogen and oxygen atoms in total. The summed E-state index contributed by atoms with van der Waals surface area (Å²) in [6.45, 7) is 15.9. The molecule has 0 saturated heterocycles. The van der Waals surface area contributed by atoms with Gasteiger partial charge in [0.25, 0.3) is 0 Å². The quantitative estimate of drug-likeness (QED) is 0.178. The number of rotatable bonds is 13. The van der Waals surface area contributed by atoms with Crippen LogP contribution in [0.4, 0.5) is 0 Å². The predicted octanol–water partition coefficient (Wildman–Crippen LogP) is 7.15. The van der Waals surface area contributed by atoms with Gasteiger partial charge in [-0.15, -0.1) is 0 Å². The molecule has 0 aliphatic carbocycles. The fourth-order valence-electron chi connectivity index (χ4n) is 5.75. The Balaban J connectivity index is 1.57. The third kappa shape index (κ3) is 6.82. The average Bonchev–Trinajstić information content (AvgIpc) is 3.31. The Morgan fingerprint density at radius 1 is 0.950 bits per heavy atom. The Morgan fingerprint density at radius 3 is 2.38 bits per heavy atom. The summed E-state index contributed by atoms with van der Waals surface area (Å²) in [6.07, 6.45) is 8.06. The summed E-state index contributed by atoms with van der Waals surface area (Å²) >= 11 is 0. The van der Waals surface area contributed by atoms with Crippen LogP contribution < -0.4 is 5.32 Å². The van der Waals surface area contributed by atoms with Gasteiger partial charge >= 0.3 is 0 Å². The zero-order valence-electron chi connectivity index (χ0n) is 25.2. The van der Waals surface area contributed by atoms with Crippen LogP contribution in [0.15, 0.2) is 60.9 Å². The Morgan fingerprint density at radius 2 is 1.70 bits per heavy atom. The van der Waals surface area contributed by atoms with E-state index in [0.717, 1.165) is 62.9 Å². The Hall–Kier alpha value is -3.44. The summed E-state index contributed by atoms with van der Waals surface area (Å²) in [5, 5.41) is 4.89. The summed E-state index contributed by atoms with van der Waals surface area (Å²) in [6, 6.07) is 17.4. The number of carbonyl (C=O) groups excluding carboxylic acids is 1. The van der Waals surface area contributed by atoms with E-state index in [1.54, 1.807) is 0 Å². The maximum absolute atomic E-state index is 13.4. The average molecular weight is 539 g/mol. The molecule has 4 rings (SSSR count). The van der Waals surface area contributed by atoms with Crippen molar-refractivity contribution < 1.29 is 4.79 Å². The van der Waals surface area contributed by atoms with Crippen molar-refractivity contribution in [3.8, 4) is 11.3 Å². The number of H-pyrrole nitrogens is 1. The van der Waals surface area contributed by atoms with Gasteiger partial charge in [0, 0.05) is 42.1 Å². The van der Waals surface area contributed by atoms with E-state index in [0.29, 0.717) is 0 Å². The number of nitrogens with one attached hydrogen (secondary N) is 2. The molecule has 0 unspecified atom stereocenters. The summed E-state index contributed by atoms with van der Waals surface area (Å²) < 4.78 is 0. The molecule has 5 heteroatoms. The van der Waals surface area contributed by atoms with Gasteiger partial charge in [-0.3, -0.25) is 9.78 Å². The molecule has 0 saturated carbocycles. The van der Waals surface area contributed by atoms with Crippen LogP contribution in [0.1, 0.15) is 68.4 Å². The number of fused-ring (bicyclic) bond motifs is 1. The van der Waals surface area contributed by atoms with Gasteiger partial charge in [0.05, 0.1) is 5.41 Å². The molecule has 4 aromatic rings. The molecule has 40 heavy (non-hydrogen) atoms. The van der Waals surface area contributed by atoms with Gasteiger partial charge < -0.3 is 15.2 Å². The molecule has 0 aliphatic rings. The standard InChI is InChI=1S/C35H46N4O/c1-7-39(8-2)34(40)35(5,6)29-14-15-32-31(23-29)30(33(38-32)28-21-25(3)20-26(4)22-28)16-19-36-17-10-9-12-27-13-11-18-37-24-27/h11,13-15,18,20-24,36,38H,7-10,12,16-17,19H2,1-6H3. The first-order chi connectivity index (χ1) is 19.2. The molecule has 0 radical (unpaired) electrons. The lowest BCUT2D eigenvalue weighted by Crippen LogP contribution is -2.43. The summed E-state index contributed by atoms with van der Waals surface area (Å²) in [5.74, 6) is 0.177. The van der Waals surface area contributed by atoms with Crippen LogP contribution in [0.3, 0.4) is 0 Å². The van der Waals surface area contributed by atoms with Gasteiger partial charge in [-0.05, 0) is 133 Å². The number of benzene rings is 2. The normalized spacial score (nSPS) is 11.8. The number of aryl methyl sites for hydroxylation is 3. The van der Waals surface area contributed by atoms with E-state index in [9.17, 15) is 4.79 Å². The van der Waals surface area contributed by atoms with Crippen LogP contribution in [-0.4, -0.2) is 47.0 Å². The topological polar surface area (TPSA) is 61.0 Å². The Labute approximate surface area is 240 Å². The summed E-state index contributed by atoms with van der Waals surface area (Å²) in [4.78, 5) is 23.3. The molecule has 0 fully saturated rings. The largest absolute Gasteiger partial charge is 0.354 e. The van der Waals surface area contributed by atoms with Gasteiger partial charge in [-0.2, -0.15) is 0 Å². The third-order valence-electron chi connectivity index (χ3n) is 8.07. The first kappa shape index (κ1) is 29.5. The van der Waals surface area contributed by atoms with Gasteiger partial charge in [-0.1, -0.05) is 29.3 Å². The van der Waals surface area contributed by atoms with Crippen LogP contribution in [0.5, 0.6) is 0 Å². The van der Waals surface area contributed by atoms with E-state index >= 15 is 0 Å². The monoisotopic (exact) mass is 538 g/mol. The van der Waals surface area contributed by atoms with Crippen molar-refractivity contribution in [3.05, 3.63) is 88.7 Å². The molecular weight excluding hydrogens is 492 g/mol. The number of likely N-dealkylation sites (N-methyl/N-ethyl adjacent to an activating group) is 1. The Kier molecular flexibility index (Phi) is 9.80. The highest BCUT2D eigenvalue weighted by Crippen LogP contribution is 2.35. The number of nitrogens with zero attached hydrogens (tertiary/aromatic N) is 2. The summed E-state index contributed by atoms with van der Waals surface area (Å²) in [5.41, 5.74) is 9.14. The van der Waals surface area contributed by atoms with E-state index in [2.05, 4.69) is 85.4 Å². The van der Waals surface area contributed by atoms with Gasteiger partial charge in [-0.25, -0.2) is 0 Å². The molecule has 1 amide bonds. The maximum Gasteiger partial charge on any atom is 0.232 e. The molecule has 2 aromatic carbocycles. The molecule has 0 aliphatic heterocycles. The highest BCUT2D eigenvalue weighted by molar-refractivity contribution is 5.94. The maximum atomic E-state index is 13.4. The molecule has 0 atom stereocenters. The second-order valence-corrected chi connectivity index (χ2v) is 11.5. The van der Waals surface area contributed by atoms with Crippen molar-refractivity contribution >= 4 is 16.8 Å². The highest BCUT2D eigenvalue weighted by Gasteiger charge is 2.33. The van der Waals surface area contributed by atoms with Gasteiger partial charge in [0.15, 0.2) is 0 Å². The van der Waals surface area contributed by atoms with E-state index in [1.165, 1.54) is 38.9 Å². The SMILES string of the molecule is CCN(CC)C(=O)C(C)(C)c1ccc2[nH]c(-c3cc(C)cc(C)c3)c(CCNCCCCc3cccnc3)c2c1. The predicted molar refractivity (Wildman–Crippen MR) is 168 cm³/mol. The molecule has 2 aromatic heterocycles. The first-order valence-corrected chi connectivity index (χ1v) is 14.9. The minimum Gasteiger partial charge on any atom is -0.354 e. The number of hydrogen-bond donors (Lipinski definition) is 2. The number of pyridine rings is 1. The van der Waals surface area contributed by atoms with Crippen molar-refractivity contribution in [1.82, 2.24) is 20.2 Å². The number of amides is 1. The molecular formula is C35H46N4O. The zero-order chi connectivity index (χ0) is 28.7. The van der Waals surface area contributed by atoms with Crippen LogP contribution in [0.25, 0.3) is 22.2 Å². The van der Waals surface area contributed by atoms with E-state index < -0.39 is 5.41 Å². The summed E-state index contributed by atoms with van der Waals surface area (Å²) in [7, 11) is 0. The lowest BCUT2D eigenvalue weighted by atomic mass is 9.82. The number of aromatic amines is 1. The number of unbranched alkanes of at least 4 members (excludes halogenated alkanes) is 1. The number of carbonyl (C=O) groups is 1. The minimum absolute atomic E-state index is 0.177. The fraction of sp³-hybridized carbons (Fsp3) is 0.429. The smallest absolute Gasteiger partial charge is 0.232 e. The lowest BCUT2D eigenvalue weighted by molar-refractivity contribution is -0.135. The molecule has 0 spiro atoms. The zero-order valence-corrected chi connectivity index (χ0v) is 25.2. The van der Waals surface area contributed by atoms with Crippen molar-refractivity contribution in [1.29, 1.82) is 0 Å². The van der Waals surface area contributed by atoms with E-state index in [-0.39, 0.29) is 5.91 Å². The molecule has 2 heterocycles. The number of hydrogen-bond acceptors (Lipinski definition) is 3. The van der Waals surface area contributed by atoms with Crippen molar-refractivity contribution in [2.45, 2.75) is 72.6 Å². The van der Waals surface area contributed by atoms with Crippen molar-refractivity contribution in [2.75, 3.05) is 26.2 Å². The third-order valence-corrected chi connectivity index (χ3v) is 8.07. The fourth-order valence-corrected chi connectivity index (χ4v) is 5.75. The first-order valence-electron chi connectivity index (χ1n) is 14.9. The second-order valence-electron chi connectivity index (χ2n) is 11.5. The van der Waals surface area contributed by atoms with Gasteiger partial charge in [0.2, 0.25) is 5.91 Å². The lowest BCUT2D eigenvalue weighted by Gasteiger charge is -2.31. The van der Waals surface area contributed by atoms with Crippen LogP contribution in [-0.2, 0) is 23.1 Å². The molecule has 212 valence electrons.